The van der Waals surface area contributed by atoms with Crippen molar-refractivity contribution < 1.29 is 9.59 Å². The molecule has 0 aromatic heterocycles. The molecule has 0 aromatic rings. The van der Waals surface area contributed by atoms with Gasteiger partial charge in [0.1, 0.15) is 0 Å². The highest BCUT2D eigenvalue weighted by Gasteiger charge is 2.24. The average Bonchev–Trinajstić information content (AvgIpc) is 2.17. The second kappa shape index (κ2) is 6.89. The van der Waals surface area contributed by atoms with Gasteiger partial charge in [0, 0.05) is 5.41 Å². The molecule has 0 bridgehead atoms. The zero-order valence-electron chi connectivity index (χ0n) is 10.1. The van der Waals surface area contributed by atoms with Gasteiger partial charge in [-0.15, -0.1) is 0 Å². The number of allylic oxidation sites excluding steroid dienone is 1. The Labute approximate surface area is 96.2 Å². The summed E-state index contributed by atoms with van der Waals surface area (Å²) >= 11 is 0. The monoisotopic (exact) mass is 222 g/mol. The first kappa shape index (κ1) is 14.5. The number of hydrogen-bond acceptors (Lipinski definition) is 4. The molecule has 0 aliphatic carbocycles. The van der Waals surface area contributed by atoms with E-state index >= 15 is 0 Å². The zero-order valence-corrected chi connectivity index (χ0v) is 10.1. The van der Waals surface area contributed by atoms with Crippen LogP contribution in [0.2, 0.25) is 0 Å². The highest BCUT2D eigenvalue weighted by Crippen LogP contribution is 2.34. The molecule has 0 saturated carbocycles. The second-order valence-electron chi connectivity index (χ2n) is 4.60. The summed E-state index contributed by atoms with van der Waals surface area (Å²) in [5, 5.41) is 0. The summed E-state index contributed by atoms with van der Waals surface area (Å²) in [5.41, 5.74) is 0.301. The van der Waals surface area contributed by atoms with Gasteiger partial charge in [-0.1, -0.05) is 27.4 Å². The summed E-state index contributed by atoms with van der Waals surface area (Å²) in [6.07, 6.45) is 4.68. The van der Waals surface area contributed by atoms with Crippen molar-refractivity contribution in [3.8, 4) is 0 Å². The van der Waals surface area contributed by atoms with Crippen LogP contribution in [0.3, 0.4) is 0 Å². The second-order valence-corrected chi connectivity index (χ2v) is 4.60. The first-order valence-electron chi connectivity index (χ1n) is 5.25. The van der Waals surface area contributed by atoms with Gasteiger partial charge in [0.25, 0.3) is 0 Å². The van der Waals surface area contributed by atoms with Gasteiger partial charge in [-0.3, -0.25) is 0 Å². The average molecular weight is 222 g/mol. The molecule has 1 atom stereocenters. The SMILES string of the molecule is C=C(N=C=O)C(C)(C)CC(C)CCN=C=O. The van der Waals surface area contributed by atoms with Crippen molar-refractivity contribution in [2.24, 2.45) is 21.3 Å². The predicted octanol–water partition coefficient (Wildman–Crippen LogP) is 2.61. The number of isocyanates is 2. The molecular weight excluding hydrogens is 204 g/mol. The first-order valence-corrected chi connectivity index (χ1v) is 5.25. The number of hydrogen-bond donors (Lipinski definition) is 0. The lowest BCUT2D eigenvalue weighted by Gasteiger charge is -2.27. The van der Waals surface area contributed by atoms with Crippen LogP contribution < -0.4 is 0 Å². The molecule has 88 valence electrons. The molecule has 0 amide bonds. The van der Waals surface area contributed by atoms with Crippen molar-refractivity contribution in [1.82, 2.24) is 0 Å². The van der Waals surface area contributed by atoms with Crippen LogP contribution in [-0.4, -0.2) is 18.7 Å². The van der Waals surface area contributed by atoms with E-state index < -0.39 is 0 Å². The van der Waals surface area contributed by atoms with Crippen molar-refractivity contribution in [3.05, 3.63) is 12.3 Å². The smallest absolute Gasteiger partial charge is 0.211 e. The minimum absolute atomic E-state index is 0.234. The predicted molar refractivity (Wildman–Crippen MR) is 62.4 cm³/mol. The Kier molecular flexibility index (Phi) is 6.24. The standard InChI is InChI=1S/C12H18N2O2/c1-10(5-6-13-8-15)7-12(3,4)11(2)14-9-16/h10H,2,5-7H2,1,3-4H3. The van der Waals surface area contributed by atoms with E-state index in [-0.39, 0.29) is 5.41 Å². The van der Waals surface area contributed by atoms with Crippen LogP contribution in [0, 0.1) is 11.3 Å². The van der Waals surface area contributed by atoms with Crippen molar-refractivity contribution in [3.63, 3.8) is 0 Å². The molecule has 1 unspecified atom stereocenters. The molecule has 4 heteroatoms. The van der Waals surface area contributed by atoms with E-state index in [1.165, 1.54) is 12.2 Å². The number of aliphatic imine (C=N–C) groups is 2. The van der Waals surface area contributed by atoms with Gasteiger partial charge in [-0.2, -0.15) is 4.99 Å². The number of carbonyl (C=O) groups excluding carboxylic acids is 2. The Hall–Kier alpha value is -1.50. The number of rotatable bonds is 7. The van der Waals surface area contributed by atoms with Gasteiger partial charge in [-0.25, -0.2) is 14.6 Å². The molecule has 0 N–H and O–H groups in total. The maximum absolute atomic E-state index is 10.1. The van der Waals surface area contributed by atoms with Crippen molar-refractivity contribution in [1.29, 1.82) is 0 Å². The van der Waals surface area contributed by atoms with Gasteiger partial charge in [-0.05, 0) is 18.8 Å². The van der Waals surface area contributed by atoms with E-state index in [0.717, 1.165) is 12.8 Å². The van der Waals surface area contributed by atoms with Crippen LogP contribution in [-0.2, 0) is 9.59 Å². The van der Waals surface area contributed by atoms with Crippen molar-refractivity contribution in [2.45, 2.75) is 33.6 Å². The Morgan fingerprint density at radius 1 is 1.38 bits per heavy atom. The molecule has 0 heterocycles. The topological polar surface area (TPSA) is 58.9 Å². The Morgan fingerprint density at radius 3 is 2.50 bits per heavy atom. The van der Waals surface area contributed by atoms with Crippen LogP contribution >= 0.6 is 0 Å². The van der Waals surface area contributed by atoms with E-state index in [1.54, 1.807) is 0 Å². The molecule has 0 spiro atoms. The fourth-order valence-electron chi connectivity index (χ4n) is 1.63. The maximum Gasteiger partial charge on any atom is 0.240 e. The molecule has 0 rings (SSSR count). The van der Waals surface area contributed by atoms with Crippen LogP contribution in [0.4, 0.5) is 0 Å². The summed E-state index contributed by atoms with van der Waals surface area (Å²) in [7, 11) is 0. The largest absolute Gasteiger partial charge is 0.240 e. The van der Waals surface area contributed by atoms with Crippen LogP contribution in [0.5, 0.6) is 0 Å². The summed E-state index contributed by atoms with van der Waals surface area (Å²) in [4.78, 5) is 27.1. The fourth-order valence-corrected chi connectivity index (χ4v) is 1.63. The Balaban J connectivity index is 4.28. The third-order valence-electron chi connectivity index (χ3n) is 2.62. The highest BCUT2D eigenvalue weighted by atomic mass is 16.1. The minimum atomic E-state index is -0.234. The minimum Gasteiger partial charge on any atom is -0.211 e. The molecule has 16 heavy (non-hydrogen) atoms. The molecule has 0 aliphatic rings. The maximum atomic E-state index is 10.1. The molecule has 0 aromatic carbocycles. The highest BCUT2D eigenvalue weighted by molar-refractivity contribution is 5.37. The molecule has 4 nitrogen and oxygen atoms in total. The normalized spacial score (nSPS) is 12.2. The Bertz CT molecular complexity index is 335. The molecule has 0 saturated heterocycles. The van der Waals surface area contributed by atoms with Crippen LogP contribution in [0.15, 0.2) is 22.3 Å². The summed E-state index contributed by atoms with van der Waals surface area (Å²) in [6, 6.07) is 0. The third kappa shape index (κ3) is 5.40. The van der Waals surface area contributed by atoms with Crippen molar-refractivity contribution >= 4 is 12.2 Å². The van der Waals surface area contributed by atoms with Gasteiger partial charge in [0.05, 0.1) is 12.2 Å². The van der Waals surface area contributed by atoms with E-state index in [1.807, 2.05) is 13.8 Å². The lowest BCUT2D eigenvalue weighted by Crippen LogP contribution is -2.17. The first-order chi connectivity index (χ1) is 7.44. The number of nitrogens with zero attached hydrogens (tertiary/aromatic N) is 2. The molecule has 0 radical (unpaired) electrons. The lowest BCUT2D eigenvalue weighted by atomic mass is 9.80. The fraction of sp³-hybridized carbons (Fsp3) is 0.667. The van der Waals surface area contributed by atoms with Gasteiger partial charge >= 0.3 is 0 Å². The van der Waals surface area contributed by atoms with Crippen LogP contribution in [0.1, 0.15) is 33.6 Å². The van der Waals surface area contributed by atoms with Crippen molar-refractivity contribution in [2.75, 3.05) is 6.54 Å². The zero-order chi connectivity index (χ0) is 12.6. The third-order valence-corrected chi connectivity index (χ3v) is 2.62. The summed E-state index contributed by atoms with van der Waals surface area (Å²) < 4.78 is 0. The quantitative estimate of drug-likeness (QED) is 0.491. The lowest BCUT2D eigenvalue weighted by molar-refractivity contribution is 0.318. The van der Waals surface area contributed by atoms with Gasteiger partial charge in [0.2, 0.25) is 12.2 Å². The van der Waals surface area contributed by atoms with Crippen LogP contribution in [0.25, 0.3) is 0 Å². The molecule has 0 fully saturated rings. The summed E-state index contributed by atoms with van der Waals surface area (Å²) in [5.74, 6) is 0.380. The van der Waals surface area contributed by atoms with E-state index in [9.17, 15) is 9.59 Å². The molecular formula is C12H18N2O2. The Morgan fingerprint density at radius 2 is 2.00 bits per heavy atom. The van der Waals surface area contributed by atoms with E-state index in [0.29, 0.717) is 18.2 Å². The summed E-state index contributed by atoms with van der Waals surface area (Å²) in [6.45, 7) is 10.3. The van der Waals surface area contributed by atoms with E-state index in [2.05, 4.69) is 23.5 Å². The van der Waals surface area contributed by atoms with Gasteiger partial charge in [0.15, 0.2) is 0 Å². The molecule has 0 aliphatic heterocycles. The van der Waals surface area contributed by atoms with E-state index in [4.69, 9.17) is 0 Å². The van der Waals surface area contributed by atoms with Gasteiger partial charge < -0.3 is 0 Å².